The molecule has 3 rings (SSSR count). The quantitative estimate of drug-likeness (QED) is 0.280. The lowest BCUT2D eigenvalue weighted by atomic mass is 10.00. The van der Waals surface area contributed by atoms with E-state index in [4.69, 9.17) is 0 Å². The van der Waals surface area contributed by atoms with Crippen LogP contribution in [-0.4, -0.2) is 0 Å². The van der Waals surface area contributed by atoms with Crippen LogP contribution in [0.25, 0.3) is 11.1 Å². The van der Waals surface area contributed by atoms with Gasteiger partial charge < -0.3 is 0 Å². The second-order valence-electron chi connectivity index (χ2n) is 7.85. The minimum absolute atomic E-state index is 0.114. The zero-order valence-electron chi connectivity index (χ0n) is 18.2. The predicted molar refractivity (Wildman–Crippen MR) is 132 cm³/mol. The van der Waals surface area contributed by atoms with Gasteiger partial charge in [0, 0.05) is 0 Å². The highest BCUT2D eigenvalue weighted by Gasteiger charge is 2.02. The molecule has 31 heavy (non-hydrogen) atoms. The molecule has 0 heterocycles. The Morgan fingerprint density at radius 3 is 1.71 bits per heavy atom. The molecule has 0 radical (unpaired) electrons. The van der Waals surface area contributed by atoms with Crippen molar-refractivity contribution < 1.29 is 4.39 Å². The van der Waals surface area contributed by atoms with Crippen LogP contribution >= 0.6 is 0 Å². The summed E-state index contributed by atoms with van der Waals surface area (Å²) < 4.78 is 14.1. The number of halogens is 1. The van der Waals surface area contributed by atoms with E-state index in [0.717, 1.165) is 43.2 Å². The number of hydrogen-bond acceptors (Lipinski definition) is 0. The van der Waals surface area contributed by atoms with Crippen molar-refractivity contribution >= 4 is 0 Å². The van der Waals surface area contributed by atoms with E-state index in [1.165, 1.54) is 22.3 Å². The van der Waals surface area contributed by atoms with Crippen LogP contribution in [-0.2, 0) is 25.7 Å². The normalized spacial score (nSPS) is 11.0. The number of benzene rings is 3. The summed E-state index contributed by atoms with van der Waals surface area (Å²) >= 11 is 0. The summed E-state index contributed by atoms with van der Waals surface area (Å²) in [5.41, 5.74) is 6.85. The van der Waals surface area contributed by atoms with E-state index >= 15 is 0 Å². The first-order chi connectivity index (χ1) is 15.2. The first-order valence-corrected chi connectivity index (χ1v) is 11.0. The van der Waals surface area contributed by atoms with Gasteiger partial charge in [-0.25, -0.2) is 4.39 Å². The van der Waals surface area contributed by atoms with Gasteiger partial charge in [-0.05, 0) is 78.0 Å². The third kappa shape index (κ3) is 6.93. The predicted octanol–water partition coefficient (Wildman–Crippen LogP) is 8.07. The summed E-state index contributed by atoms with van der Waals surface area (Å²) in [5, 5.41) is 0. The van der Waals surface area contributed by atoms with Crippen LogP contribution in [0, 0.1) is 5.82 Å². The van der Waals surface area contributed by atoms with Gasteiger partial charge in [0.1, 0.15) is 5.82 Å². The van der Waals surface area contributed by atoms with E-state index < -0.39 is 0 Å². The zero-order valence-corrected chi connectivity index (χ0v) is 18.2. The summed E-state index contributed by atoms with van der Waals surface area (Å²) in [6.45, 7) is 7.48. The van der Waals surface area contributed by atoms with E-state index in [9.17, 15) is 4.39 Å². The summed E-state index contributed by atoms with van der Waals surface area (Å²) in [6, 6.07) is 23.1. The molecule has 0 spiro atoms. The topological polar surface area (TPSA) is 0 Å². The Kier molecular flexibility index (Phi) is 8.60. The monoisotopic (exact) mass is 410 g/mol. The van der Waals surface area contributed by atoms with Gasteiger partial charge in [-0.3, -0.25) is 0 Å². The molecule has 0 nitrogen and oxygen atoms in total. The van der Waals surface area contributed by atoms with E-state index in [1.54, 1.807) is 6.07 Å². The summed E-state index contributed by atoms with van der Waals surface area (Å²) in [4.78, 5) is 0. The fourth-order valence-corrected chi connectivity index (χ4v) is 3.58. The average molecular weight is 411 g/mol. The van der Waals surface area contributed by atoms with E-state index in [-0.39, 0.29) is 5.82 Å². The molecule has 3 aromatic carbocycles. The Hall–Kier alpha value is -3.19. The van der Waals surface area contributed by atoms with Crippen LogP contribution in [0.15, 0.2) is 104 Å². The van der Waals surface area contributed by atoms with Gasteiger partial charge in [0.05, 0.1) is 0 Å². The summed E-state index contributed by atoms with van der Waals surface area (Å²) in [7, 11) is 0. The third-order valence-electron chi connectivity index (χ3n) is 5.49. The molecule has 0 fully saturated rings. The molecule has 0 aromatic heterocycles. The van der Waals surface area contributed by atoms with Crippen molar-refractivity contribution in [3.05, 3.63) is 132 Å². The van der Waals surface area contributed by atoms with Gasteiger partial charge in [-0.1, -0.05) is 85.0 Å². The van der Waals surface area contributed by atoms with Crippen LogP contribution in [0.3, 0.4) is 0 Å². The lowest BCUT2D eigenvalue weighted by Gasteiger charge is -2.05. The standard InChI is InChI=1S/C30H31F/c1-3-5-9-24-13-18-27(19-14-24)28-20-15-25(16-21-28)10-7-8-11-26-17-22-29(12-6-4-2)30(31)23-26/h3-4,7-8,13-23H,1-2,5-6,9-12H2/b8-7+. The Morgan fingerprint density at radius 2 is 1.13 bits per heavy atom. The van der Waals surface area contributed by atoms with Gasteiger partial charge in [0.2, 0.25) is 0 Å². The molecule has 0 unspecified atom stereocenters. The first-order valence-electron chi connectivity index (χ1n) is 11.0. The molecule has 0 amide bonds. The molecule has 158 valence electrons. The molecular formula is C30H31F. The molecule has 1 heteroatoms. The van der Waals surface area contributed by atoms with Gasteiger partial charge in [-0.2, -0.15) is 0 Å². The molecular weight excluding hydrogens is 379 g/mol. The van der Waals surface area contributed by atoms with Crippen molar-refractivity contribution in [3.8, 4) is 11.1 Å². The molecule has 0 atom stereocenters. The van der Waals surface area contributed by atoms with Crippen molar-refractivity contribution in [2.75, 3.05) is 0 Å². The maximum absolute atomic E-state index is 14.1. The first kappa shape index (κ1) is 22.5. The lowest BCUT2D eigenvalue weighted by molar-refractivity contribution is 0.608. The lowest BCUT2D eigenvalue weighted by Crippen LogP contribution is -1.92. The Bertz CT molecular complexity index is 1010. The van der Waals surface area contributed by atoms with Gasteiger partial charge in [-0.15, -0.1) is 13.2 Å². The number of rotatable bonds is 11. The smallest absolute Gasteiger partial charge is 0.126 e. The Labute approximate surface area is 186 Å². The Balaban J connectivity index is 1.52. The number of aryl methyl sites for hydroxylation is 2. The van der Waals surface area contributed by atoms with Crippen molar-refractivity contribution in [3.63, 3.8) is 0 Å². The molecule has 3 aromatic rings. The molecule has 0 aliphatic rings. The molecule has 0 saturated carbocycles. The van der Waals surface area contributed by atoms with Crippen molar-refractivity contribution in [1.29, 1.82) is 0 Å². The highest BCUT2D eigenvalue weighted by Crippen LogP contribution is 2.21. The van der Waals surface area contributed by atoms with E-state index in [0.29, 0.717) is 6.42 Å². The zero-order chi connectivity index (χ0) is 21.9. The van der Waals surface area contributed by atoms with E-state index in [2.05, 4.69) is 73.8 Å². The molecule has 0 aliphatic carbocycles. The van der Waals surface area contributed by atoms with Crippen molar-refractivity contribution in [1.82, 2.24) is 0 Å². The minimum Gasteiger partial charge on any atom is -0.207 e. The minimum atomic E-state index is -0.114. The largest absolute Gasteiger partial charge is 0.207 e. The molecule has 0 saturated heterocycles. The van der Waals surface area contributed by atoms with Crippen molar-refractivity contribution in [2.24, 2.45) is 0 Å². The van der Waals surface area contributed by atoms with Gasteiger partial charge in [0.15, 0.2) is 0 Å². The highest BCUT2D eigenvalue weighted by atomic mass is 19.1. The molecule has 0 N–H and O–H groups in total. The van der Waals surface area contributed by atoms with Crippen LogP contribution in [0.5, 0.6) is 0 Å². The van der Waals surface area contributed by atoms with E-state index in [1.807, 2.05) is 24.3 Å². The van der Waals surface area contributed by atoms with Crippen LogP contribution in [0.2, 0.25) is 0 Å². The second kappa shape index (κ2) is 11.9. The van der Waals surface area contributed by atoms with Crippen LogP contribution < -0.4 is 0 Å². The number of allylic oxidation sites excluding steroid dienone is 4. The third-order valence-corrected chi connectivity index (χ3v) is 5.49. The van der Waals surface area contributed by atoms with Crippen molar-refractivity contribution in [2.45, 2.75) is 38.5 Å². The fraction of sp³-hybridized carbons (Fsp3) is 0.200. The maximum Gasteiger partial charge on any atom is 0.126 e. The molecule has 0 bridgehead atoms. The number of hydrogen-bond donors (Lipinski definition) is 0. The maximum atomic E-state index is 14.1. The van der Waals surface area contributed by atoms with Crippen LogP contribution in [0.1, 0.15) is 35.1 Å². The molecule has 0 aliphatic heterocycles. The second-order valence-corrected chi connectivity index (χ2v) is 7.85. The SMILES string of the molecule is C=CCCc1ccc(-c2ccc(C/C=C/Cc3ccc(CCC=C)c(F)c3)cc2)cc1. The van der Waals surface area contributed by atoms with Gasteiger partial charge >= 0.3 is 0 Å². The van der Waals surface area contributed by atoms with Crippen LogP contribution in [0.4, 0.5) is 4.39 Å². The average Bonchev–Trinajstić information content (AvgIpc) is 2.81. The Morgan fingerprint density at radius 1 is 0.613 bits per heavy atom. The summed E-state index contributed by atoms with van der Waals surface area (Å²) in [6.07, 6.45) is 13.2. The fourth-order valence-electron chi connectivity index (χ4n) is 3.58. The summed E-state index contributed by atoms with van der Waals surface area (Å²) in [5.74, 6) is -0.114. The highest BCUT2D eigenvalue weighted by molar-refractivity contribution is 5.64. The van der Waals surface area contributed by atoms with Gasteiger partial charge in [0.25, 0.3) is 0 Å².